The summed E-state index contributed by atoms with van der Waals surface area (Å²) in [5, 5.41) is 10.4. The fourth-order valence-corrected chi connectivity index (χ4v) is 8.90. The molecule has 3 aliphatic rings. The number of fused-ring (bicyclic) bond motifs is 1. The van der Waals surface area contributed by atoms with Crippen LogP contribution < -0.4 is 9.64 Å². The monoisotopic (exact) mass is 542 g/mol. The Balaban J connectivity index is 1.83. The van der Waals surface area contributed by atoms with Gasteiger partial charge in [-0.1, -0.05) is 32.6 Å². The third kappa shape index (κ3) is 4.33. The van der Waals surface area contributed by atoms with E-state index in [4.69, 9.17) is 9.47 Å². The van der Waals surface area contributed by atoms with Gasteiger partial charge in [-0.3, -0.25) is 14.4 Å². The van der Waals surface area contributed by atoms with E-state index in [2.05, 4.69) is 13.2 Å². The van der Waals surface area contributed by atoms with E-state index < -0.39 is 39.4 Å². The van der Waals surface area contributed by atoms with Crippen LogP contribution in [-0.4, -0.2) is 76.2 Å². The van der Waals surface area contributed by atoms with Crippen LogP contribution >= 0.6 is 11.8 Å². The molecule has 0 saturated carbocycles. The van der Waals surface area contributed by atoms with Crippen LogP contribution in [0.3, 0.4) is 0 Å². The molecule has 2 unspecified atom stereocenters. The van der Waals surface area contributed by atoms with E-state index in [1.165, 1.54) is 6.08 Å². The lowest BCUT2D eigenvalue weighted by atomic mass is 9.66. The summed E-state index contributed by atoms with van der Waals surface area (Å²) in [7, 11) is 1.58. The summed E-state index contributed by atoms with van der Waals surface area (Å²) >= 11 is 1.58. The number of benzene rings is 1. The number of carbonyl (C=O) groups excluding carboxylic acids is 3. The molecule has 3 heterocycles. The molecule has 3 saturated heterocycles. The van der Waals surface area contributed by atoms with E-state index in [1.54, 1.807) is 59.0 Å². The third-order valence-electron chi connectivity index (χ3n) is 8.32. The lowest BCUT2D eigenvalue weighted by Crippen LogP contribution is -2.58. The second-order valence-corrected chi connectivity index (χ2v) is 12.7. The zero-order valence-electron chi connectivity index (χ0n) is 22.6. The highest BCUT2D eigenvalue weighted by molar-refractivity contribution is 8.02. The number of likely N-dealkylation sites (tertiary alicyclic amines) is 1. The summed E-state index contributed by atoms with van der Waals surface area (Å²) in [6, 6.07) is 5.74. The number of rotatable bonds is 11. The largest absolute Gasteiger partial charge is 0.497 e. The topological polar surface area (TPSA) is 96.4 Å². The first-order valence-electron chi connectivity index (χ1n) is 13.1. The maximum absolute atomic E-state index is 14.6. The van der Waals surface area contributed by atoms with Gasteiger partial charge < -0.3 is 24.4 Å². The average molecular weight is 543 g/mol. The number of hydrogen-bond acceptors (Lipinski definition) is 7. The molecule has 0 aliphatic carbocycles. The molecule has 3 fully saturated rings. The zero-order valence-corrected chi connectivity index (χ0v) is 23.4. The molecule has 9 heteroatoms. The van der Waals surface area contributed by atoms with Gasteiger partial charge in [0.05, 0.1) is 36.3 Å². The molecule has 2 amide bonds. The fraction of sp³-hybridized carbons (Fsp3) is 0.552. The van der Waals surface area contributed by atoms with Crippen molar-refractivity contribution < 1.29 is 29.0 Å². The summed E-state index contributed by atoms with van der Waals surface area (Å²) in [4.78, 5) is 45.4. The molecule has 0 radical (unpaired) electrons. The Kier molecular flexibility index (Phi) is 8.00. The van der Waals surface area contributed by atoms with Crippen LogP contribution in [0, 0.1) is 17.8 Å². The number of amides is 2. The number of aliphatic hydroxyl groups excluding tert-OH is 1. The van der Waals surface area contributed by atoms with E-state index in [9.17, 15) is 19.5 Å². The first-order chi connectivity index (χ1) is 18.1. The molecule has 1 spiro atoms. The molecule has 3 aliphatic heterocycles. The lowest BCUT2D eigenvalue weighted by molar-refractivity contribution is -0.155. The highest BCUT2D eigenvalue weighted by Gasteiger charge is 2.78. The maximum Gasteiger partial charge on any atom is 0.311 e. The molecule has 6 atom stereocenters. The van der Waals surface area contributed by atoms with Crippen molar-refractivity contribution in [2.24, 2.45) is 17.8 Å². The normalized spacial score (nSPS) is 30.2. The first kappa shape index (κ1) is 28.2. The second-order valence-electron chi connectivity index (χ2n) is 10.8. The van der Waals surface area contributed by atoms with Gasteiger partial charge in [0.25, 0.3) is 5.91 Å². The Hall–Kier alpha value is -2.78. The van der Waals surface area contributed by atoms with E-state index in [0.717, 1.165) is 0 Å². The SMILES string of the molecule is C=CCOC(=O)[C@@H]1[C@H]2C(=O)N([C@@H](CO)C(C)C)C(C(=O)N(CC=C)c3ccc(OC)cc3)C23CC[C@@]1(C)S3. The van der Waals surface area contributed by atoms with Crippen molar-refractivity contribution in [3.63, 3.8) is 0 Å². The number of anilines is 1. The van der Waals surface area contributed by atoms with Crippen LogP contribution in [0.1, 0.15) is 33.6 Å². The quantitative estimate of drug-likeness (QED) is 0.338. The van der Waals surface area contributed by atoms with Crippen LogP contribution in [0.4, 0.5) is 5.69 Å². The van der Waals surface area contributed by atoms with Crippen molar-refractivity contribution in [2.75, 3.05) is 31.8 Å². The van der Waals surface area contributed by atoms with Crippen molar-refractivity contribution in [1.82, 2.24) is 4.90 Å². The molecule has 1 aromatic rings. The van der Waals surface area contributed by atoms with Crippen molar-refractivity contribution in [1.29, 1.82) is 0 Å². The van der Waals surface area contributed by atoms with Gasteiger partial charge in [0.2, 0.25) is 5.91 Å². The van der Waals surface area contributed by atoms with Crippen LogP contribution in [-0.2, 0) is 19.1 Å². The smallest absolute Gasteiger partial charge is 0.311 e. The predicted octanol–water partition coefficient (Wildman–Crippen LogP) is 3.44. The number of ether oxygens (including phenoxy) is 2. The molecular weight excluding hydrogens is 504 g/mol. The Morgan fingerprint density at radius 2 is 1.92 bits per heavy atom. The van der Waals surface area contributed by atoms with Gasteiger partial charge in [-0.15, -0.1) is 18.3 Å². The van der Waals surface area contributed by atoms with Gasteiger partial charge in [-0.25, -0.2) is 0 Å². The number of thioether (sulfide) groups is 1. The lowest BCUT2D eigenvalue weighted by Gasteiger charge is -2.40. The summed E-state index contributed by atoms with van der Waals surface area (Å²) in [6.07, 6.45) is 4.46. The number of aliphatic hydroxyl groups is 1. The minimum atomic E-state index is -0.856. The van der Waals surface area contributed by atoms with Crippen molar-refractivity contribution in [3.05, 3.63) is 49.6 Å². The molecule has 0 aromatic heterocycles. The van der Waals surface area contributed by atoms with E-state index in [0.29, 0.717) is 24.3 Å². The molecule has 1 aromatic carbocycles. The average Bonchev–Trinajstić information content (AvgIpc) is 3.47. The first-order valence-corrected chi connectivity index (χ1v) is 13.9. The van der Waals surface area contributed by atoms with Crippen LogP contribution in [0.2, 0.25) is 0 Å². The predicted molar refractivity (Wildman–Crippen MR) is 148 cm³/mol. The van der Waals surface area contributed by atoms with Gasteiger partial charge >= 0.3 is 5.97 Å². The van der Waals surface area contributed by atoms with E-state index in [-0.39, 0.29) is 37.5 Å². The van der Waals surface area contributed by atoms with Gasteiger partial charge in [-0.2, -0.15) is 0 Å². The van der Waals surface area contributed by atoms with Crippen molar-refractivity contribution >= 4 is 35.2 Å². The maximum atomic E-state index is 14.6. The molecule has 2 bridgehead atoms. The fourth-order valence-electron chi connectivity index (χ4n) is 6.57. The van der Waals surface area contributed by atoms with E-state index >= 15 is 0 Å². The Bertz CT molecular complexity index is 1110. The minimum Gasteiger partial charge on any atom is -0.497 e. The van der Waals surface area contributed by atoms with Crippen LogP contribution in [0.15, 0.2) is 49.6 Å². The summed E-state index contributed by atoms with van der Waals surface area (Å²) < 4.78 is 9.42. The highest BCUT2D eigenvalue weighted by Crippen LogP contribution is 2.72. The van der Waals surface area contributed by atoms with Gasteiger partial charge in [0.1, 0.15) is 18.4 Å². The Morgan fingerprint density at radius 3 is 2.47 bits per heavy atom. The van der Waals surface area contributed by atoms with Crippen molar-refractivity contribution in [3.8, 4) is 5.75 Å². The standard InChI is InChI=1S/C29H38N2O6S/c1-7-15-30(19-9-11-20(36-6)12-10-19)26(34)24-29-14-13-28(5,38-29)23(27(35)37-16-8-2)22(29)25(33)31(24)21(17-32)18(3)4/h7-12,18,21-24,32H,1-2,13-17H2,3-6H3/t21-,22-,23-,24?,28+,29?/m0/s1. The second kappa shape index (κ2) is 10.8. The number of carbonyl (C=O) groups is 3. The van der Waals surface area contributed by atoms with Gasteiger partial charge in [0, 0.05) is 17.0 Å². The van der Waals surface area contributed by atoms with Gasteiger partial charge in [0.15, 0.2) is 0 Å². The molecular formula is C29H38N2O6S. The van der Waals surface area contributed by atoms with E-state index in [1.807, 2.05) is 20.8 Å². The molecule has 8 nitrogen and oxygen atoms in total. The molecule has 38 heavy (non-hydrogen) atoms. The number of esters is 1. The van der Waals surface area contributed by atoms with Crippen molar-refractivity contribution in [2.45, 2.75) is 55.2 Å². The zero-order chi connectivity index (χ0) is 27.8. The van der Waals surface area contributed by atoms with Crippen LogP contribution in [0.25, 0.3) is 0 Å². The number of nitrogens with zero attached hydrogens (tertiary/aromatic N) is 2. The molecule has 1 N–H and O–H groups in total. The molecule has 4 rings (SSSR count). The highest BCUT2D eigenvalue weighted by atomic mass is 32.2. The number of hydrogen-bond donors (Lipinski definition) is 1. The van der Waals surface area contributed by atoms with Gasteiger partial charge in [-0.05, 0) is 49.9 Å². The Labute approximate surface area is 229 Å². The minimum absolute atomic E-state index is 0.0614. The van der Waals surface area contributed by atoms with Crippen LogP contribution in [0.5, 0.6) is 5.75 Å². The number of methoxy groups -OCH3 is 1. The summed E-state index contributed by atoms with van der Waals surface area (Å²) in [5.41, 5.74) is 0.652. The summed E-state index contributed by atoms with van der Waals surface area (Å²) in [6.45, 7) is 13.4. The third-order valence-corrected chi connectivity index (χ3v) is 10.3. The summed E-state index contributed by atoms with van der Waals surface area (Å²) in [5.74, 6) is -1.79. The molecule has 206 valence electrons. The Morgan fingerprint density at radius 1 is 1.24 bits per heavy atom.